The van der Waals surface area contributed by atoms with Crippen molar-refractivity contribution in [1.82, 2.24) is 10.4 Å². The topological polar surface area (TPSA) is 54.2 Å². The molecule has 0 bridgehead atoms. The molecule has 0 aliphatic heterocycles. The van der Waals surface area contributed by atoms with E-state index in [1.165, 1.54) is 0 Å². The van der Waals surface area contributed by atoms with Gasteiger partial charge in [-0.3, -0.25) is 16.3 Å². The second-order valence-corrected chi connectivity index (χ2v) is 5.28. The van der Waals surface area contributed by atoms with E-state index in [1.54, 1.807) is 12.4 Å². The van der Waals surface area contributed by atoms with Gasteiger partial charge in [0.2, 0.25) is 0 Å². The number of nitrogens with one attached hydrogen (secondary N) is 1. The molecule has 1 unspecified atom stereocenters. The minimum Gasteiger partial charge on any atom is -0.378 e. The van der Waals surface area contributed by atoms with Crippen molar-refractivity contribution in [3.05, 3.63) is 58.9 Å². The van der Waals surface area contributed by atoms with Crippen molar-refractivity contribution in [2.75, 3.05) is 19.0 Å². The van der Waals surface area contributed by atoms with Crippen molar-refractivity contribution in [3.8, 4) is 0 Å². The number of anilines is 1. The quantitative estimate of drug-likeness (QED) is 0.656. The lowest BCUT2D eigenvalue weighted by Crippen LogP contribution is -2.29. The van der Waals surface area contributed by atoms with Gasteiger partial charge >= 0.3 is 0 Å². The molecule has 4 nitrogen and oxygen atoms in total. The summed E-state index contributed by atoms with van der Waals surface area (Å²) in [6, 6.07) is 10.2. The minimum absolute atomic E-state index is 0.0195. The molecule has 0 radical (unpaired) electrons. The number of pyridine rings is 1. The van der Waals surface area contributed by atoms with E-state index in [2.05, 4.69) is 39.6 Å². The Kier molecular flexibility index (Phi) is 4.95. The smallest absolute Gasteiger partial charge is 0.0622 e. The third-order valence-electron chi connectivity index (χ3n) is 3.29. The van der Waals surface area contributed by atoms with Gasteiger partial charge in [0.15, 0.2) is 0 Å². The first-order valence-corrected chi connectivity index (χ1v) is 6.81. The molecule has 2 aromatic rings. The zero-order chi connectivity index (χ0) is 14.5. The van der Waals surface area contributed by atoms with Crippen LogP contribution in [0.25, 0.3) is 0 Å². The molecule has 1 aromatic heterocycles. The summed E-state index contributed by atoms with van der Waals surface area (Å²) < 4.78 is 0. The second kappa shape index (κ2) is 6.70. The number of aromatic nitrogens is 1. The fraction of sp³-hybridized carbons (Fsp3) is 0.267. The van der Waals surface area contributed by atoms with Crippen LogP contribution in [0.1, 0.15) is 17.2 Å². The van der Waals surface area contributed by atoms with Gasteiger partial charge in [0.05, 0.1) is 11.1 Å². The Balaban J connectivity index is 2.18. The lowest BCUT2D eigenvalue weighted by atomic mass is 10.00. The van der Waals surface area contributed by atoms with Crippen LogP contribution in [0.5, 0.6) is 0 Å². The van der Waals surface area contributed by atoms with Crippen molar-refractivity contribution >= 4 is 17.3 Å². The van der Waals surface area contributed by atoms with Crippen LogP contribution in [-0.2, 0) is 6.42 Å². The molecular weight excluding hydrogens is 272 g/mol. The zero-order valence-electron chi connectivity index (χ0n) is 11.7. The third kappa shape index (κ3) is 3.48. The Hall–Kier alpha value is -1.62. The summed E-state index contributed by atoms with van der Waals surface area (Å²) in [4.78, 5) is 6.06. The molecule has 0 aliphatic carbocycles. The minimum atomic E-state index is 0.0195. The monoisotopic (exact) mass is 290 g/mol. The number of nitrogens with two attached hydrogens (primary N) is 1. The molecule has 2 rings (SSSR count). The van der Waals surface area contributed by atoms with Gasteiger partial charge in [-0.05, 0) is 35.7 Å². The lowest BCUT2D eigenvalue weighted by molar-refractivity contribution is 0.552. The molecule has 0 aliphatic rings. The highest BCUT2D eigenvalue weighted by atomic mass is 35.5. The first-order chi connectivity index (χ1) is 9.61. The fourth-order valence-corrected chi connectivity index (χ4v) is 2.26. The van der Waals surface area contributed by atoms with Crippen LogP contribution in [-0.4, -0.2) is 19.1 Å². The Morgan fingerprint density at radius 2 is 1.95 bits per heavy atom. The SMILES string of the molecule is CN(C)c1ccc(C(Cc2ccncc2Cl)NN)cc1. The molecule has 3 N–H and O–H groups in total. The number of halogens is 1. The molecule has 1 atom stereocenters. The summed E-state index contributed by atoms with van der Waals surface area (Å²) in [6.45, 7) is 0. The van der Waals surface area contributed by atoms with Gasteiger partial charge in [-0.15, -0.1) is 0 Å². The van der Waals surface area contributed by atoms with Crippen LogP contribution in [0.3, 0.4) is 0 Å². The molecule has 1 heterocycles. The van der Waals surface area contributed by atoms with Crippen LogP contribution in [0.2, 0.25) is 5.02 Å². The first-order valence-electron chi connectivity index (χ1n) is 6.43. The Morgan fingerprint density at radius 1 is 1.25 bits per heavy atom. The molecule has 0 amide bonds. The molecule has 0 fully saturated rings. The van der Waals surface area contributed by atoms with Gasteiger partial charge in [-0.25, -0.2) is 0 Å². The number of hydrogen-bond donors (Lipinski definition) is 2. The highest BCUT2D eigenvalue weighted by molar-refractivity contribution is 6.31. The molecular formula is C15H19ClN4. The van der Waals surface area contributed by atoms with Gasteiger partial charge in [-0.2, -0.15) is 0 Å². The van der Waals surface area contributed by atoms with E-state index in [1.807, 2.05) is 20.2 Å². The Morgan fingerprint density at radius 3 is 2.50 bits per heavy atom. The number of benzene rings is 1. The van der Waals surface area contributed by atoms with Crippen molar-refractivity contribution in [2.24, 2.45) is 5.84 Å². The van der Waals surface area contributed by atoms with Gasteiger partial charge in [0.1, 0.15) is 0 Å². The van der Waals surface area contributed by atoms with E-state index in [4.69, 9.17) is 17.4 Å². The van der Waals surface area contributed by atoms with Crippen molar-refractivity contribution < 1.29 is 0 Å². The number of hydrazine groups is 1. The third-order valence-corrected chi connectivity index (χ3v) is 3.63. The first kappa shape index (κ1) is 14.8. The summed E-state index contributed by atoms with van der Waals surface area (Å²) in [7, 11) is 4.04. The summed E-state index contributed by atoms with van der Waals surface area (Å²) in [5.74, 6) is 5.68. The maximum atomic E-state index is 6.14. The number of nitrogens with zero attached hydrogens (tertiary/aromatic N) is 2. The highest BCUT2D eigenvalue weighted by Crippen LogP contribution is 2.23. The van der Waals surface area contributed by atoms with Gasteiger partial charge in [0, 0.05) is 32.2 Å². The number of hydrogen-bond acceptors (Lipinski definition) is 4. The molecule has 1 aromatic carbocycles. The fourth-order valence-electron chi connectivity index (χ4n) is 2.07. The van der Waals surface area contributed by atoms with Crippen LogP contribution in [0.15, 0.2) is 42.7 Å². The summed E-state index contributed by atoms with van der Waals surface area (Å²) >= 11 is 6.14. The molecule has 106 valence electrons. The standard InChI is InChI=1S/C15H19ClN4/c1-20(2)13-5-3-11(4-6-13)15(19-17)9-12-7-8-18-10-14(12)16/h3-8,10,15,19H,9,17H2,1-2H3. The summed E-state index contributed by atoms with van der Waals surface area (Å²) in [5.41, 5.74) is 6.17. The largest absolute Gasteiger partial charge is 0.378 e. The predicted octanol–water partition coefficient (Wildman–Crippen LogP) is 2.55. The van der Waals surface area contributed by atoms with E-state index in [0.717, 1.165) is 23.2 Å². The van der Waals surface area contributed by atoms with Gasteiger partial charge < -0.3 is 4.90 Å². The normalized spacial score (nSPS) is 12.2. The molecule has 5 heteroatoms. The molecule has 0 spiro atoms. The van der Waals surface area contributed by atoms with Crippen LogP contribution < -0.4 is 16.2 Å². The van der Waals surface area contributed by atoms with E-state index in [9.17, 15) is 0 Å². The Bertz CT molecular complexity index is 554. The maximum Gasteiger partial charge on any atom is 0.0622 e. The zero-order valence-corrected chi connectivity index (χ0v) is 12.4. The predicted molar refractivity (Wildman–Crippen MR) is 83.8 cm³/mol. The maximum absolute atomic E-state index is 6.14. The van der Waals surface area contributed by atoms with Crippen molar-refractivity contribution in [2.45, 2.75) is 12.5 Å². The van der Waals surface area contributed by atoms with Gasteiger partial charge in [0.25, 0.3) is 0 Å². The summed E-state index contributed by atoms with van der Waals surface area (Å²) in [5, 5.41) is 0.665. The average molecular weight is 291 g/mol. The molecule has 0 saturated heterocycles. The van der Waals surface area contributed by atoms with E-state index >= 15 is 0 Å². The Labute approximate surface area is 124 Å². The highest BCUT2D eigenvalue weighted by Gasteiger charge is 2.12. The van der Waals surface area contributed by atoms with Crippen molar-refractivity contribution in [1.29, 1.82) is 0 Å². The summed E-state index contributed by atoms with van der Waals surface area (Å²) in [6.07, 6.45) is 4.11. The molecule has 20 heavy (non-hydrogen) atoms. The van der Waals surface area contributed by atoms with Crippen LogP contribution >= 0.6 is 11.6 Å². The van der Waals surface area contributed by atoms with E-state index in [-0.39, 0.29) is 6.04 Å². The lowest BCUT2D eigenvalue weighted by Gasteiger charge is -2.19. The second-order valence-electron chi connectivity index (χ2n) is 4.88. The van der Waals surface area contributed by atoms with Crippen molar-refractivity contribution in [3.63, 3.8) is 0 Å². The molecule has 0 saturated carbocycles. The number of rotatable bonds is 5. The van der Waals surface area contributed by atoms with E-state index < -0.39 is 0 Å². The van der Waals surface area contributed by atoms with Crippen LogP contribution in [0.4, 0.5) is 5.69 Å². The van der Waals surface area contributed by atoms with E-state index in [0.29, 0.717) is 5.02 Å². The average Bonchev–Trinajstić information content (AvgIpc) is 2.46. The van der Waals surface area contributed by atoms with Crippen LogP contribution in [0, 0.1) is 0 Å². The van der Waals surface area contributed by atoms with Gasteiger partial charge in [-0.1, -0.05) is 23.7 Å².